The molecule has 0 bridgehead atoms. The summed E-state index contributed by atoms with van der Waals surface area (Å²) in [4.78, 5) is 28.5. The summed E-state index contributed by atoms with van der Waals surface area (Å²) in [5, 5.41) is 7.91. The average Bonchev–Trinajstić information content (AvgIpc) is 3.24. The zero-order valence-corrected chi connectivity index (χ0v) is 14.1. The summed E-state index contributed by atoms with van der Waals surface area (Å²) in [5.74, 6) is -0.304. The fourth-order valence-electron chi connectivity index (χ4n) is 3.53. The molecule has 6 heteroatoms. The number of aryl methyl sites for hydroxylation is 1. The van der Waals surface area contributed by atoms with Crippen molar-refractivity contribution in [1.29, 1.82) is 0 Å². The first-order valence-corrected chi connectivity index (χ1v) is 8.62. The molecule has 1 saturated carbocycles. The molecule has 0 spiro atoms. The Morgan fingerprint density at radius 2 is 1.96 bits per heavy atom. The molecule has 2 heterocycles. The van der Waals surface area contributed by atoms with E-state index in [1.54, 1.807) is 11.6 Å². The molecule has 3 aromatic rings. The molecule has 25 heavy (non-hydrogen) atoms. The van der Waals surface area contributed by atoms with Crippen LogP contribution in [0.4, 0.5) is 0 Å². The molecule has 1 amide bonds. The van der Waals surface area contributed by atoms with E-state index >= 15 is 0 Å². The maximum Gasteiger partial charge on any atom is 0.256 e. The Bertz CT molecular complexity index is 982. The summed E-state index contributed by atoms with van der Waals surface area (Å²) in [6, 6.07) is 9.78. The van der Waals surface area contributed by atoms with Crippen LogP contribution in [0.5, 0.6) is 0 Å². The van der Waals surface area contributed by atoms with Crippen molar-refractivity contribution < 1.29 is 4.79 Å². The Labute approximate surface area is 144 Å². The van der Waals surface area contributed by atoms with Crippen LogP contribution in [0.25, 0.3) is 16.7 Å². The van der Waals surface area contributed by atoms with Crippen molar-refractivity contribution in [2.45, 2.75) is 38.6 Å². The predicted octanol–water partition coefficient (Wildman–Crippen LogP) is 2.69. The molecule has 2 aromatic heterocycles. The summed E-state index contributed by atoms with van der Waals surface area (Å²) >= 11 is 0. The number of aromatic amines is 1. The van der Waals surface area contributed by atoms with Gasteiger partial charge in [-0.2, -0.15) is 5.10 Å². The van der Waals surface area contributed by atoms with Crippen LogP contribution in [0.15, 0.2) is 41.3 Å². The number of nitrogens with one attached hydrogen (secondary N) is 2. The Hall–Kier alpha value is -2.89. The third-order valence-electron chi connectivity index (χ3n) is 4.82. The van der Waals surface area contributed by atoms with Gasteiger partial charge >= 0.3 is 0 Å². The van der Waals surface area contributed by atoms with Crippen molar-refractivity contribution in [3.8, 4) is 5.69 Å². The van der Waals surface area contributed by atoms with E-state index in [2.05, 4.69) is 15.4 Å². The van der Waals surface area contributed by atoms with E-state index in [-0.39, 0.29) is 22.9 Å². The largest absolute Gasteiger partial charge is 0.349 e. The summed E-state index contributed by atoms with van der Waals surface area (Å²) in [6.07, 6.45) is 5.72. The molecule has 128 valence electrons. The van der Waals surface area contributed by atoms with Crippen molar-refractivity contribution in [2.24, 2.45) is 0 Å². The molecule has 0 radical (unpaired) electrons. The van der Waals surface area contributed by atoms with E-state index in [4.69, 9.17) is 0 Å². The minimum absolute atomic E-state index is 0.148. The maximum absolute atomic E-state index is 12.9. The predicted molar refractivity (Wildman–Crippen MR) is 96.1 cm³/mol. The van der Waals surface area contributed by atoms with E-state index < -0.39 is 0 Å². The molecule has 0 aliphatic heterocycles. The molecule has 1 aromatic carbocycles. The highest BCUT2D eigenvalue weighted by molar-refractivity contribution is 5.97. The monoisotopic (exact) mass is 336 g/mol. The van der Waals surface area contributed by atoms with Crippen molar-refractivity contribution in [2.75, 3.05) is 0 Å². The van der Waals surface area contributed by atoms with Gasteiger partial charge in [0.25, 0.3) is 5.91 Å². The summed E-state index contributed by atoms with van der Waals surface area (Å²) in [6.45, 7) is 1.79. The van der Waals surface area contributed by atoms with Crippen LogP contribution in [0.1, 0.15) is 41.7 Å². The molecule has 1 fully saturated rings. The van der Waals surface area contributed by atoms with Crippen molar-refractivity contribution in [1.82, 2.24) is 20.1 Å². The number of carbonyl (C=O) groups is 1. The van der Waals surface area contributed by atoms with E-state index in [9.17, 15) is 9.59 Å². The molecule has 1 aliphatic carbocycles. The zero-order chi connectivity index (χ0) is 17.4. The lowest BCUT2D eigenvalue weighted by Gasteiger charge is -2.11. The molecular formula is C19H20N4O2. The standard InChI is InChI=1S/C19H20N4O2/c1-12-16-17(24)15(19(25)21-13-7-5-6-8-13)11-20-18(16)23(22-12)14-9-3-2-4-10-14/h2-4,9-11,13H,5-8H2,1H3,(H,20,24)(H,21,25). The lowest BCUT2D eigenvalue weighted by Crippen LogP contribution is -2.35. The average molecular weight is 336 g/mol. The van der Waals surface area contributed by atoms with E-state index in [0.29, 0.717) is 16.7 Å². The van der Waals surface area contributed by atoms with Crippen molar-refractivity contribution in [3.05, 3.63) is 58.0 Å². The first-order chi connectivity index (χ1) is 12.1. The van der Waals surface area contributed by atoms with Crippen LogP contribution < -0.4 is 10.7 Å². The number of benzene rings is 1. The van der Waals surface area contributed by atoms with Gasteiger partial charge in [0.05, 0.1) is 16.8 Å². The van der Waals surface area contributed by atoms with Gasteiger partial charge in [0.2, 0.25) is 5.43 Å². The number of nitrogens with zero attached hydrogens (tertiary/aromatic N) is 2. The second-order valence-corrected chi connectivity index (χ2v) is 6.54. The van der Waals surface area contributed by atoms with Gasteiger partial charge in [-0.15, -0.1) is 0 Å². The van der Waals surface area contributed by atoms with E-state index in [0.717, 1.165) is 31.4 Å². The van der Waals surface area contributed by atoms with Crippen LogP contribution in [-0.2, 0) is 0 Å². The molecule has 0 saturated heterocycles. The molecular weight excluding hydrogens is 316 g/mol. The first-order valence-electron chi connectivity index (χ1n) is 8.62. The molecule has 6 nitrogen and oxygen atoms in total. The van der Waals surface area contributed by atoms with Gasteiger partial charge in [-0.3, -0.25) is 9.59 Å². The number of pyridine rings is 1. The van der Waals surface area contributed by atoms with Crippen LogP contribution in [0.2, 0.25) is 0 Å². The summed E-state index contributed by atoms with van der Waals surface area (Å²) in [7, 11) is 0. The number of hydrogen-bond donors (Lipinski definition) is 2. The normalized spacial score (nSPS) is 14.9. The number of amides is 1. The number of aromatic nitrogens is 3. The SMILES string of the molecule is Cc1nn(-c2ccccc2)c2[nH]cc(C(=O)NC3CCCC3)c(=O)c12. The molecule has 1 aliphatic rings. The van der Waals surface area contributed by atoms with Gasteiger partial charge < -0.3 is 10.3 Å². The number of fused-ring (bicyclic) bond motifs is 1. The quantitative estimate of drug-likeness (QED) is 0.772. The second kappa shape index (κ2) is 6.20. The Kier molecular flexibility index (Phi) is 3.87. The Morgan fingerprint density at radius 1 is 1.24 bits per heavy atom. The third kappa shape index (κ3) is 2.73. The van der Waals surface area contributed by atoms with Crippen LogP contribution >= 0.6 is 0 Å². The number of para-hydroxylation sites is 1. The van der Waals surface area contributed by atoms with Crippen molar-refractivity contribution in [3.63, 3.8) is 0 Å². The number of carbonyl (C=O) groups excluding carboxylic acids is 1. The topological polar surface area (TPSA) is 79.8 Å². The van der Waals surface area contributed by atoms with Gasteiger partial charge in [-0.05, 0) is 31.9 Å². The fraction of sp³-hybridized carbons (Fsp3) is 0.316. The van der Waals surface area contributed by atoms with Gasteiger partial charge in [0.15, 0.2) is 0 Å². The highest BCUT2D eigenvalue weighted by Gasteiger charge is 2.22. The number of rotatable bonds is 3. The second-order valence-electron chi connectivity index (χ2n) is 6.54. The lowest BCUT2D eigenvalue weighted by atomic mass is 10.1. The lowest BCUT2D eigenvalue weighted by molar-refractivity contribution is 0.0936. The summed E-state index contributed by atoms with van der Waals surface area (Å²) in [5.41, 5.74) is 1.94. The van der Waals surface area contributed by atoms with E-state index in [1.807, 2.05) is 30.3 Å². The van der Waals surface area contributed by atoms with Gasteiger partial charge in [0.1, 0.15) is 11.2 Å². The minimum Gasteiger partial charge on any atom is -0.349 e. The van der Waals surface area contributed by atoms with Gasteiger partial charge in [-0.1, -0.05) is 31.0 Å². The van der Waals surface area contributed by atoms with Crippen LogP contribution in [-0.4, -0.2) is 26.7 Å². The molecule has 0 atom stereocenters. The summed E-state index contributed by atoms with van der Waals surface area (Å²) < 4.78 is 1.70. The highest BCUT2D eigenvalue weighted by Crippen LogP contribution is 2.19. The number of hydrogen-bond acceptors (Lipinski definition) is 3. The smallest absolute Gasteiger partial charge is 0.256 e. The first kappa shape index (κ1) is 15.6. The fourth-order valence-corrected chi connectivity index (χ4v) is 3.53. The minimum atomic E-state index is -0.304. The zero-order valence-electron chi connectivity index (χ0n) is 14.1. The molecule has 0 unspecified atom stereocenters. The van der Waals surface area contributed by atoms with Gasteiger partial charge in [-0.25, -0.2) is 4.68 Å². The third-order valence-corrected chi connectivity index (χ3v) is 4.82. The Balaban J connectivity index is 1.77. The van der Waals surface area contributed by atoms with Gasteiger partial charge in [0, 0.05) is 12.2 Å². The van der Waals surface area contributed by atoms with E-state index in [1.165, 1.54) is 6.20 Å². The number of H-pyrrole nitrogens is 1. The van der Waals surface area contributed by atoms with Crippen LogP contribution in [0, 0.1) is 6.92 Å². The van der Waals surface area contributed by atoms with Crippen molar-refractivity contribution >= 4 is 16.9 Å². The Morgan fingerprint density at radius 3 is 2.68 bits per heavy atom. The molecule has 2 N–H and O–H groups in total. The molecule has 4 rings (SSSR count). The van der Waals surface area contributed by atoms with Crippen LogP contribution in [0.3, 0.4) is 0 Å². The highest BCUT2D eigenvalue weighted by atomic mass is 16.2. The maximum atomic E-state index is 12.9.